The van der Waals surface area contributed by atoms with E-state index in [2.05, 4.69) is 15.3 Å². The van der Waals surface area contributed by atoms with E-state index in [1.807, 2.05) is 30.3 Å². The van der Waals surface area contributed by atoms with Crippen LogP contribution in [0.3, 0.4) is 0 Å². The van der Waals surface area contributed by atoms with Gasteiger partial charge in [-0.3, -0.25) is 9.59 Å². The van der Waals surface area contributed by atoms with Gasteiger partial charge in [0.05, 0.1) is 30.1 Å². The number of ether oxygens (including phenoxy) is 1. The number of carbonyl (C=O) groups is 2. The lowest BCUT2D eigenvalue weighted by molar-refractivity contribution is -0.122. The molecule has 1 fully saturated rings. The Morgan fingerprint density at radius 3 is 2.44 bits per heavy atom. The summed E-state index contributed by atoms with van der Waals surface area (Å²) in [6.07, 6.45) is 0.190. The number of para-hydroxylation sites is 1. The average Bonchev–Trinajstić information content (AvgIpc) is 3.00. The summed E-state index contributed by atoms with van der Waals surface area (Å²) in [5, 5.41) is 2.87. The molecule has 2 heterocycles. The van der Waals surface area contributed by atoms with Crippen LogP contribution < -0.4 is 15.0 Å². The molecule has 1 aliphatic rings. The molecule has 3 rings (SSSR count). The average molecular weight is 340 g/mol. The number of hydrogen-bond donors (Lipinski definition) is 1. The van der Waals surface area contributed by atoms with Gasteiger partial charge in [-0.15, -0.1) is 0 Å². The van der Waals surface area contributed by atoms with Gasteiger partial charge < -0.3 is 15.0 Å². The number of anilines is 2. The van der Waals surface area contributed by atoms with E-state index in [9.17, 15) is 9.59 Å². The van der Waals surface area contributed by atoms with E-state index in [0.717, 1.165) is 5.69 Å². The minimum atomic E-state index is -0.409. The van der Waals surface area contributed by atoms with Crippen LogP contribution in [0, 0.1) is 19.8 Å². The van der Waals surface area contributed by atoms with Crippen molar-refractivity contribution in [3.8, 4) is 6.01 Å². The monoisotopic (exact) mass is 340 g/mol. The Labute approximate surface area is 146 Å². The van der Waals surface area contributed by atoms with E-state index in [-0.39, 0.29) is 24.2 Å². The lowest BCUT2D eigenvalue weighted by atomic mass is 10.1. The first-order chi connectivity index (χ1) is 12.0. The van der Waals surface area contributed by atoms with Crippen LogP contribution in [0.2, 0.25) is 0 Å². The van der Waals surface area contributed by atoms with Crippen LogP contribution in [0.5, 0.6) is 6.01 Å². The summed E-state index contributed by atoms with van der Waals surface area (Å²) < 4.78 is 5.03. The molecule has 0 saturated carbocycles. The first-order valence-electron chi connectivity index (χ1n) is 8.05. The molecule has 2 aromatic rings. The fourth-order valence-corrected chi connectivity index (χ4v) is 2.92. The van der Waals surface area contributed by atoms with Crippen LogP contribution in [0.15, 0.2) is 30.3 Å². The molecule has 1 N–H and O–H groups in total. The maximum atomic E-state index is 12.6. The fraction of sp³-hybridized carbons (Fsp3) is 0.333. The van der Waals surface area contributed by atoms with E-state index in [1.165, 1.54) is 7.11 Å². The van der Waals surface area contributed by atoms with Gasteiger partial charge in [-0.1, -0.05) is 18.2 Å². The van der Waals surface area contributed by atoms with Crippen molar-refractivity contribution in [2.24, 2.45) is 5.92 Å². The van der Waals surface area contributed by atoms with Crippen molar-refractivity contribution >= 4 is 23.2 Å². The largest absolute Gasteiger partial charge is 0.467 e. The Hall–Kier alpha value is -2.96. The summed E-state index contributed by atoms with van der Waals surface area (Å²) >= 11 is 0. The highest BCUT2D eigenvalue weighted by atomic mass is 16.5. The number of rotatable bonds is 4. The summed E-state index contributed by atoms with van der Waals surface area (Å²) in [4.78, 5) is 34.9. The number of hydrogen-bond acceptors (Lipinski definition) is 5. The summed E-state index contributed by atoms with van der Waals surface area (Å²) in [7, 11) is 1.49. The third-order valence-corrected chi connectivity index (χ3v) is 4.24. The molecule has 1 aromatic heterocycles. The van der Waals surface area contributed by atoms with Crippen LogP contribution in [-0.2, 0) is 9.59 Å². The molecule has 25 heavy (non-hydrogen) atoms. The second kappa shape index (κ2) is 6.88. The predicted octanol–water partition coefficient (Wildman–Crippen LogP) is 2.09. The minimum absolute atomic E-state index is 0.0502. The van der Waals surface area contributed by atoms with Crippen molar-refractivity contribution in [1.82, 2.24) is 9.97 Å². The highest BCUT2D eigenvalue weighted by Gasteiger charge is 2.35. The highest BCUT2D eigenvalue weighted by molar-refractivity contribution is 6.03. The lowest BCUT2D eigenvalue weighted by Gasteiger charge is -2.17. The van der Waals surface area contributed by atoms with Crippen molar-refractivity contribution in [3.63, 3.8) is 0 Å². The van der Waals surface area contributed by atoms with Gasteiger partial charge in [-0.2, -0.15) is 9.97 Å². The van der Waals surface area contributed by atoms with E-state index in [0.29, 0.717) is 23.6 Å². The second-order valence-corrected chi connectivity index (χ2v) is 5.99. The molecule has 1 saturated heterocycles. The molecule has 0 aliphatic carbocycles. The van der Waals surface area contributed by atoms with Gasteiger partial charge in [0.2, 0.25) is 11.8 Å². The molecule has 7 heteroatoms. The SMILES string of the molecule is COc1nc(C)c(NC(=O)C2CC(=O)N(c3ccccc3)C2)c(C)n1. The summed E-state index contributed by atoms with van der Waals surface area (Å²) in [6, 6.07) is 9.63. The van der Waals surface area contributed by atoms with Gasteiger partial charge in [0, 0.05) is 18.7 Å². The highest BCUT2D eigenvalue weighted by Crippen LogP contribution is 2.27. The number of nitrogens with one attached hydrogen (secondary N) is 1. The standard InChI is InChI=1S/C18H20N4O3/c1-11-16(12(2)20-18(19-11)25-3)21-17(24)13-9-15(23)22(10-13)14-7-5-4-6-8-14/h4-8,13H,9-10H2,1-3H3,(H,21,24). The van der Waals surface area contributed by atoms with Crippen molar-refractivity contribution in [1.29, 1.82) is 0 Å². The number of carbonyl (C=O) groups excluding carboxylic acids is 2. The van der Waals surface area contributed by atoms with E-state index >= 15 is 0 Å². The van der Waals surface area contributed by atoms with E-state index < -0.39 is 5.92 Å². The molecule has 0 spiro atoms. The third-order valence-electron chi connectivity index (χ3n) is 4.24. The predicted molar refractivity (Wildman–Crippen MR) is 93.6 cm³/mol. The molecule has 7 nitrogen and oxygen atoms in total. The van der Waals surface area contributed by atoms with Gasteiger partial charge in [0.1, 0.15) is 0 Å². The van der Waals surface area contributed by atoms with Crippen molar-refractivity contribution in [3.05, 3.63) is 41.7 Å². The Morgan fingerprint density at radius 1 is 1.20 bits per heavy atom. The molecule has 0 radical (unpaired) electrons. The molecule has 2 amide bonds. The Morgan fingerprint density at radius 2 is 1.84 bits per heavy atom. The fourth-order valence-electron chi connectivity index (χ4n) is 2.92. The maximum absolute atomic E-state index is 12.6. The van der Waals surface area contributed by atoms with Crippen LogP contribution >= 0.6 is 0 Å². The van der Waals surface area contributed by atoms with Gasteiger partial charge in [0.15, 0.2) is 0 Å². The molecule has 1 aliphatic heterocycles. The molecular formula is C18H20N4O3. The van der Waals surface area contributed by atoms with Gasteiger partial charge >= 0.3 is 6.01 Å². The number of amides is 2. The smallest absolute Gasteiger partial charge is 0.316 e. The summed E-state index contributed by atoms with van der Waals surface area (Å²) in [6.45, 7) is 3.93. The zero-order valence-electron chi connectivity index (χ0n) is 14.4. The summed E-state index contributed by atoms with van der Waals surface area (Å²) in [5.41, 5.74) is 2.63. The van der Waals surface area contributed by atoms with Crippen LogP contribution in [0.4, 0.5) is 11.4 Å². The quantitative estimate of drug-likeness (QED) is 0.921. The van der Waals surface area contributed by atoms with Gasteiger partial charge in [-0.25, -0.2) is 0 Å². The van der Waals surface area contributed by atoms with Gasteiger partial charge in [-0.05, 0) is 26.0 Å². The van der Waals surface area contributed by atoms with Crippen molar-refractivity contribution < 1.29 is 14.3 Å². The van der Waals surface area contributed by atoms with Crippen LogP contribution in [-0.4, -0.2) is 35.4 Å². The van der Waals surface area contributed by atoms with E-state index in [4.69, 9.17) is 4.74 Å². The van der Waals surface area contributed by atoms with Crippen LogP contribution in [0.25, 0.3) is 0 Å². The molecule has 1 unspecified atom stereocenters. The molecule has 130 valence electrons. The zero-order valence-corrected chi connectivity index (χ0v) is 14.4. The molecule has 1 atom stereocenters. The normalized spacial score (nSPS) is 16.8. The number of aryl methyl sites for hydroxylation is 2. The third kappa shape index (κ3) is 3.45. The Bertz CT molecular complexity index is 784. The maximum Gasteiger partial charge on any atom is 0.316 e. The number of aromatic nitrogens is 2. The molecule has 0 bridgehead atoms. The molecule has 1 aromatic carbocycles. The van der Waals surface area contributed by atoms with E-state index in [1.54, 1.807) is 18.7 Å². The first kappa shape index (κ1) is 16.9. The minimum Gasteiger partial charge on any atom is -0.467 e. The number of methoxy groups -OCH3 is 1. The first-order valence-corrected chi connectivity index (χ1v) is 8.05. The topological polar surface area (TPSA) is 84.4 Å². The van der Waals surface area contributed by atoms with Crippen molar-refractivity contribution in [2.45, 2.75) is 20.3 Å². The van der Waals surface area contributed by atoms with Crippen molar-refractivity contribution in [2.75, 3.05) is 23.9 Å². The second-order valence-electron chi connectivity index (χ2n) is 5.99. The zero-order chi connectivity index (χ0) is 18.0. The lowest BCUT2D eigenvalue weighted by Crippen LogP contribution is -2.28. The number of nitrogens with zero attached hydrogens (tertiary/aromatic N) is 3. The molecular weight excluding hydrogens is 320 g/mol. The number of benzene rings is 1. The Balaban J connectivity index is 1.74. The van der Waals surface area contributed by atoms with Gasteiger partial charge in [0.25, 0.3) is 0 Å². The van der Waals surface area contributed by atoms with Crippen LogP contribution in [0.1, 0.15) is 17.8 Å². The Kier molecular flexibility index (Phi) is 4.65. The summed E-state index contributed by atoms with van der Waals surface area (Å²) in [5.74, 6) is -0.661.